The third kappa shape index (κ3) is 5.66. The molecule has 0 radical (unpaired) electrons. The summed E-state index contributed by atoms with van der Waals surface area (Å²) in [6, 6.07) is 11.8. The summed E-state index contributed by atoms with van der Waals surface area (Å²) in [6.07, 6.45) is 3.13. The lowest BCUT2D eigenvalue weighted by molar-refractivity contribution is 0.102. The number of amides is 1. The molecule has 0 aliphatic carbocycles. The monoisotopic (exact) mass is 414 g/mol. The van der Waals surface area contributed by atoms with Crippen LogP contribution in [0.25, 0.3) is 0 Å². The number of anilines is 2. The molecule has 1 amide bonds. The van der Waals surface area contributed by atoms with Gasteiger partial charge in [-0.05, 0) is 36.4 Å². The summed E-state index contributed by atoms with van der Waals surface area (Å²) in [7, 11) is -3.69. The highest BCUT2D eigenvalue weighted by Gasteiger charge is 2.14. The lowest BCUT2D eigenvalue weighted by Crippen LogP contribution is -2.20. The molecular formula is C19H18N4O5S. The Morgan fingerprint density at radius 3 is 2.52 bits per heavy atom. The van der Waals surface area contributed by atoms with Crippen molar-refractivity contribution in [2.75, 3.05) is 15.8 Å². The highest BCUT2D eigenvalue weighted by Crippen LogP contribution is 2.27. The number of aryl methyl sites for hydroxylation is 1. The quantitative estimate of drug-likeness (QED) is 0.343. The van der Waals surface area contributed by atoms with E-state index in [9.17, 15) is 23.4 Å². The van der Waals surface area contributed by atoms with Gasteiger partial charge in [-0.2, -0.15) is 0 Å². The van der Waals surface area contributed by atoms with Gasteiger partial charge in [-0.1, -0.05) is 6.07 Å². The number of carbonyl (C=O) groups is 1. The van der Waals surface area contributed by atoms with Crippen molar-refractivity contribution in [2.24, 2.45) is 0 Å². The topological polar surface area (TPSA) is 142 Å². The lowest BCUT2D eigenvalue weighted by Gasteiger charge is -2.09. The third-order valence-corrected chi connectivity index (χ3v) is 5.13. The first kappa shape index (κ1) is 20.1. The summed E-state index contributed by atoms with van der Waals surface area (Å²) in [5.74, 6) is -1.40. The van der Waals surface area contributed by atoms with Crippen LogP contribution in [0.5, 0.6) is 11.5 Å². The first-order chi connectivity index (χ1) is 13.8. The van der Waals surface area contributed by atoms with Crippen LogP contribution in [0.4, 0.5) is 11.5 Å². The van der Waals surface area contributed by atoms with Gasteiger partial charge in [-0.25, -0.2) is 13.4 Å². The number of hydrogen-bond donors (Lipinski definition) is 4. The molecular weight excluding hydrogens is 396 g/mol. The molecule has 0 unspecified atom stereocenters. The van der Waals surface area contributed by atoms with Crippen LogP contribution in [0.15, 0.2) is 60.9 Å². The molecule has 0 saturated heterocycles. The number of pyridine rings is 2. The number of sulfonamides is 1. The van der Waals surface area contributed by atoms with E-state index < -0.39 is 15.9 Å². The number of carbonyl (C=O) groups excluding carboxylic acids is 1. The van der Waals surface area contributed by atoms with Crippen LogP contribution in [0.3, 0.4) is 0 Å². The molecule has 0 saturated carbocycles. The van der Waals surface area contributed by atoms with Crippen molar-refractivity contribution in [1.82, 2.24) is 9.97 Å². The fraction of sp³-hybridized carbons (Fsp3) is 0.105. The predicted octanol–water partition coefficient (Wildman–Crippen LogP) is 2.12. The van der Waals surface area contributed by atoms with Gasteiger partial charge in [0.05, 0.1) is 5.75 Å². The van der Waals surface area contributed by atoms with Gasteiger partial charge in [0.15, 0.2) is 11.5 Å². The minimum atomic E-state index is -3.69. The van der Waals surface area contributed by atoms with Crippen molar-refractivity contribution in [2.45, 2.75) is 6.42 Å². The summed E-state index contributed by atoms with van der Waals surface area (Å²) in [4.78, 5) is 20.4. The molecule has 9 nitrogen and oxygen atoms in total. The molecule has 3 aromatic rings. The zero-order valence-electron chi connectivity index (χ0n) is 15.1. The zero-order valence-corrected chi connectivity index (χ0v) is 15.9. The Balaban J connectivity index is 1.66. The van der Waals surface area contributed by atoms with E-state index in [1.54, 1.807) is 24.4 Å². The second-order valence-corrected chi connectivity index (χ2v) is 7.92. The Labute approximate surface area is 167 Å². The maximum Gasteiger partial charge on any atom is 0.255 e. The summed E-state index contributed by atoms with van der Waals surface area (Å²) in [6.45, 7) is 0. The fourth-order valence-electron chi connectivity index (χ4n) is 2.43. The van der Waals surface area contributed by atoms with Crippen molar-refractivity contribution in [3.05, 3.63) is 72.2 Å². The highest BCUT2D eigenvalue weighted by molar-refractivity contribution is 7.92. The van der Waals surface area contributed by atoms with E-state index in [-0.39, 0.29) is 40.7 Å². The van der Waals surface area contributed by atoms with Gasteiger partial charge in [0.1, 0.15) is 5.82 Å². The van der Waals surface area contributed by atoms with Gasteiger partial charge in [-0.15, -0.1) is 0 Å². The standard InChI is InChI=1S/C19H18N4O5S/c24-16-5-4-15(12-17(16)25)22-19(26)13-6-9-21-18(11-13)23-29(27,28)10-7-14-3-1-2-8-20-14/h1-6,8-9,11-12,24-25H,7,10H2,(H,21,23)(H,22,26). The minimum Gasteiger partial charge on any atom is -0.504 e. The number of benzene rings is 1. The van der Waals surface area contributed by atoms with E-state index in [1.807, 2.05) is 0 Å². The predicted molar refractivity (Wildman–Crippen MR) is 107 cm³/mol. The van der Waals surface area contributed by atoms with Gasteiger partial charge >= 0.3 is 0 Å². The number of aromatic nitrogens is 2. The maximum absolute atomic E-state index is 12.4. The van der Waals surface area contributed by atoms with Gasteiger partial charge in [0.2, 0.25) is 10.0 Å². The summed E-state index contributed by atoms with van der Waals surface area (Å²) in [5, 5.41) is 21.4. The van der Waals surface area contributed by atoms with Crippen LogP contribution in [0.1, 0.15) is 16.1 Å². The van der Waals surface area contributed by atoms with Gasteiger partial charge in [0.25, 0.3) is 5.91 Å². The second-order valence-electron chi connectivity index (χ2n) is 6.08. The number of rotatable bonds is 7. The molecule has 4 N–H and O–H groups in total. The first-order valence-electron chi connectivity index (χ1n) is 8.52. The Kier molecular flexibility index (Phi) is 5.93. The van der Waals surface area contributed by atoms with Crippen molar-refractivity contribution in [1.29, 1.82) is 0 Å². The lowest BCUT2D eigenvalue weighted by atomic mass is 10.2. The smallest absolute Gasteiger partial charge is 0.255 e. The van der Waals surface area contributed by atoms with E-state index in [0.717, 1.165) is 0 Å². The van der Waals surface area contributed by atoms with E-state index in [0.29, 0.717) is 5.69 Å². The average molecular weight is 414 g/mol. The van der Waals surface area contributed by atoms with Crippen LogP contribution >= 0.6 is 0 Å². The van der Waals surface area contributed by atoms with Crippen molar-refractivity contribution in [3.63, 3.8) is 0 Å². The molecule has 29 heavy (non-hydrogen) atoms. The molecule has 150 valence electrons. The van der Waals surface area contributed by atoms with Gasteiger partial charge in [0, 0.05) is 41.8 Å². The van der Waals surface area contributed by atoms with Gasteiger partial charge in [-0.3, -0.25) is 14.5 Å². The molecule has 0 aliphatic rings. The average Bonchev–Trinajstić information content (AvgIpc) is 2.70. The fourth-order valence-corrected chi connectivity index (χ4v) is 3.44. The van der Waals surface area contributed by atoms with E-state index in [1.165, 1.54) is 36.5 Å². The Hall–Kier alpha value is -3.66. The number of hydrogen-bond acceptors (Lipinski definition) is 7. The zero-order chi connectivity index (χ0) is 20.9. The van der Waals surface area contributed by atoms with Crippen LogP contribution in [-0.4, -0.2) is 40.3 Å². The molecule has 10 heteroatoms. The Morgan fingerprint density at radius 2 is 1.79 bits per heavy atom. The third-order valence-electron chi connectivity index (χ3n) is 3.87. The summed E-state index contributed by atoms with van der Waals surface area (Å²) < 4.78 is 26.9. The van der Waals surface area contributed by atoms with Crippen LogP contribution < -0.4 is 10.0 Å². The van der Waals surface area contributed by atoms with E-state index >= 15 is 0 Å². The number of aromatic hydroxyl groups is 2. The molecule has 0 fully saturated rings. The number of nitrogens with one attached hydrogen (secondary N) is 2. The summed E-state index contributed by atoms with van der Waals surface area (Å²) in [5.41, 5.74) is 1.07. The van der Waals surface area contributed by atoms with Crippen LogP contribution in [-0.2, 0) is 16.4 Å². The van der Waals surface area contributed by atoms with Crippen molar-refractivity contribution in [3.8, 4) is 11.5 Å². The summed E-state index contributed by atoms with van der Waals surface area (Å²) >= 11 is 0. The van der Waals surface area contributed by atoms with Crippen molar-refractivity contribution >= 4 is 27.4 Å². The van der Waals surface area contributed by atoms with E-state index in [4.69, 9.17) is 0 Å². The molecule has 1 aromatic carbocycles. The molecule has 2 aromatic heterocycles. The number of nitrogens with zero attached hydrogens (tertiary/aromatic N) is 2. The molecule has 3 rings (SSSR count). The Morgan fingerprint density at radius 1 is 0.966 bits per heavy atom. The van der Waals surface area contributed by atoms with Crippen LogP contribution in [0.2, 0.25) is 0 Å². The molecule has 2 heterocycles. The first-order valence-corrected chi connectivity index (χ1v) is 10.2. The molecule has 0 spiro atoms. The van der Waals surface area contributed by atoms with Gasteiger partial charge < -0.3 is 15.5 Å². The van der Waals surface area contributed by atoms with Crippen molar-refractivity contribution < 1.29 is 23.4 Å². The minimum absolute atomic E-state index is 0.00669. The van der Waals surface area contributed by atoms with Crippen LogP contribution in [0, 0.1) is 0 Å². The normalized spacial score (nSPS) is 11.0. The molecule has 0 aliphatic heterocycles. The largest absolute Gasteiger partial charge is 0.504 e. The number of phenols is 2. The second kappa shape index (κ2) is 8.57. The SMILES string of the molecule is O=C(Nc1ccc(O)c(O)c1)c1ccnc(NS(=O)(=O)CCc2ccccn2)c1. The maximum atomic E-state index is 12.4. The number of phenolic OH excluding ortho intramolecular Hbond substituents is 2. The molecule has 0 bridgehead atoms. The molecule has 0 atom stereocenters. The Bertz CT molecular complexity index is 1120. The van der Waals surface area contributed by atoms with E-state index in [2.05, 4.69) is 20.0 Å². The highest BCUT2D eigenvalue weighted by atomic mass is 32.2.